The Labute approximate surface area is 116 Å². The highest BCUT2D eigenvalue weighted by molar-refractivity contribution is 6.22. The van der Waals surface area contributed by atoms with Gasteiger partial charge in [0.2, 0.25) is 0 Å². The van der Waals surface area contributed by atoms with Crippen molar-refractivity contribution in [3.05, 3.63) is 71.9 Å². The zero-order valence-electron chi connectivity index (χ0n) is 10.5. The lowest BCUT2D eigenvalue weighted by Gasteiger charge is -2.03. The summed E-state index contributed by atoms with van der Waals surface area (Å²) in [4.78, 5) is 0. The quantitative estimate of drug-likeness (QED) is 0.672. The van der Waals surface area contributed by atoms with Crippen molar-refractivity contribution in [2.45, 2.75) is 12.3 Å². The second-order valence-corrected chi connectivity index (χ2v) is 4.84. The highest BCUT2D eigenvalue weighted by atomic mass is 35.5. The molecule has 0 aliphatic carbocycles. The van der Waals surface area contributed by atoms with E-state index in [0.29, 0.717) is 0 Å². The van der Waals surface area contributed by atoms with Crippen LogP contribution in [0, 0.1) is 6.92 Å². The molecule has 1 atom stereocenters. The molecule has 1 unspecified atom stereocenters. The van der Waals surface area contributed by atoms with Crippen LogP contribution in [0.3, 0.4) is 0 Å². The minimum Gasteiger partial charge on any atom is -0.469 e. The average Bonchev–Trinajstić information content (AvgIpc) is 3.08. The molecule has 3 nitrogen and oxygen atoms in total. The molecule has 0 aliphatic heterocycles. The summed E-state index contributed by atoms with van der Waals surface area (Å²) in [6.07, 6.45) is 5.41. The van der Waals surface area contributed by atoms with Crippen LogP contribution >= 0.6 is 11.6 Å². The van der Waals surface area contributed by atoms with E-state index in [2.05, 4.69) is 5.10 Å². The summed E-state index contributed by atoms with van der Waals surface area (Å²) in [5.41, 5.74) is 2.92. The normalized spacial score (nSPS) is 12.5. The third-order valence-corrected chi connectivity index (χ3v) is 3.46. The van der Waals surface area contributed by atoms with E-state index >= 15 is 0 Å². The van der Waals surface area contributed by atoms with Gasteiger partial charge in [-0.1, -0.05) is 18.2 Å². The van der Waals surface area contributed by atoms with E-state index in [0.717, 1.165) is 22.6 Å². The van der Waals surface area contributed by atoms with Crippen LogP contribution in [0.15, 0.2) is 59.5 Å². The summed E-state index contributed by atoms with van der Waals surface area (Å²) in [6, 6.07) is 11.9. The zero-order chi connectivity index (χ0) is 13.2. The molecule has 0 radical (unpaired) electrons. The predicted octanol–water partition coefficient (Wildman–Crippen LogP) is 4.10. The fourth-order valence-electron chi connectivity index (χ4n) is 1.98. The molecule has 0 saturated carbocycles. The molecule has 0 N–H and O–H groups in total. The van der Waals surface area contributed by atoms with Crippen LogP contribution in [-0.4, -0.2) is 9.78 Å². The topological polar surface area (TPSA) is 31.0 Å². The highest BCUT2D eigenvalue weighted by Gasteiger charge is 2.15. The van der Waals surface area contributed by atoms with Crippen LogP contribution in [0.2, 0.25) is 0 Å². The highest BCUT2D eigenvalue weighted by Crippen LogP contribution is 2.30. The fourth-order valence-corrected chi connectivity index (χ4v) is 2.21. The lowest BCUT2D eigenvalue weighted by molar-refractivity contribution is 0.532. The third kappa shape index (κ3) is 2.42. The second-order valence-electron chi connectivity index (χ2n) is 4.41. The fraction of sp³-hybridized carbons (Fsp3) is 0.133. The van der Waals surface area contributed by atoms with E-state index < -0.39 is 0 Å². The van der Waals surface area contributed by atoms with Gasteiger partial charge in [0.25, 0.3) is 0 Å². The van der Waals surface area contributed by atoms with E-state index in [1.807, 2.05) is 54.2 Å². The molecule has 0 amide bonds. The number of benzene rings is 1. The molecule has 4 heteroatoms. The molecule has 19 heavy (non-hydrogen) atoms. The minimum absolute atomic E-state index is 0.241. The van der Waals surface area contributed by atoms with Gasteiger partial charge in [0.15, 0.2) is 0 Å². The first-order valence-electron chi connectivity index (χ1n) is 6.03. The Kier molecular flexibility index (Phi) is 3.13. The second kappa shape index (κ2) is 4.94. The van der Waals surface area contributed by atoms with Crippen LogP contribution in [0.25, 0.3) is 5.69 Å². The number of rotatable bonds is 3. The lowest BCUT2D eigenvalue weighted by Crippen LogP contribution is -1.93. The van der Waals surface area contributed by atoms with Crippen molar-refractivity contribution in [2.24, 2.45) is 0 Å². The molecule has 96 valence electrons. The molecule has 0 spiro atoms. The molecule has 2 heterocycles. The van der Waals surface area contributed by atoms with Gasteiger partial charge in [0.05, 0.1) is 23.5 Å². The predicted molar refractivity (Wildman–Crippen MR) is 74.7 cm³/mol. The third-order valence-electron chi connectivity index (χ3n) is 2.96. The molecule has 0 saturated heterocycles. The van der Waals surface area contributed by atoms with Gasteiger partial charge in [0, 0.05) is 17.3 Å². The Morgan fingerprint density at radius 3 is 2.68 bits per heavy atom. The van der Waals surface area contributed by atoms with E-state index in [1.54, 1.807) is 12.5 Å². The van der Waals surface area contributed by atoms with Crippen LogP contribution in [0.5, 0.6) is 0 Å². The number of aromatic nitrogens is 2. The standard InChI is InChI=1S/C15H13ClN2O/c1-11-7-12(10-19-11)15(16)13-8-17-18(9-13)14-5-3-2-4-6-14/h2-10,15H,1H3. The van der Waals surface area contributed by atoms with Crippen molar-refractivity contribution < 1.29 is 4.42 Å². The van der Waals surface area contributed by atoms with Crippen LogP contribution in [-0.2, 0) is 0 Å². The monoisotopic (exact) mass is 272 g/mol. The number of furan rings is 1. The Balaban J connectivity index is 1.89. The first-order chi connectivity index (χ1) is 9.24. The first kappa shape index (κ1) is 12.1. The molecule has 3 aromatic rings. The Morgan fingerprint density at radius 1 is 1.21 bits per heavy atom. The van der Waals surface area contributed by atoms with Crippen molar-refractivity contribution in [3.8, 4) is 5.69 Å². The van der Waals surface area contributed by atoms with Gasteiger partial charge in [-0.05, 0) is 25.1 Å². The summed E-state index contributed by atoms with van der Waals surface area (Å²) in [6.45, 7) is 1.90. The summed E-state index contributed by atoms with van der Waals surface area (Å²) < 4.78 is 7.10. The van der Waals surface area contributed by atoms with Crippen molar-refractivity contribution in [1.82, 2.24) is 9.78 Å². The Hall–Kier alpha value is -2.00. The largest absolute Gasteiger partial charge is 0.469 e. The van der Waals surface area contributed by atoms with E-state index in [9.17, 15) is 0 Å². The maximum Gasteiger partial charge on any atom is 0.101 e. The van der Waals surface area contributed by atoms with Crippen LogP contribution in [0.1, 0.15) is 22.3 Å². The van der Waals surface area contributed by atoms with Crippen LogP contribution in [0.4, 0.5) is 0 Å². The van der Waals surface area contributed by atoms with E-state index in [4.69, 9.17) is 16.0 Å². The van der Waals surface area contributed by atoms with Crippen molar-refractivity contribution in [3.63, 3.8) is 0 Å². The maximum atomic E-state index is 6.43. The molecule has 0 bridgehead atoms. The van der Waals surface area contributed by atoms with Gasteiger partial charge in [-0.3, -0.25) is 0 Å². The molecule has 0 fully saturated rings. The number of hydrogen-bond donors (Lipinski definition) is 0. The summed E-state index contributed by atoms with van der Waals surface area (Å²) in [5.74, 6) is 0.858. The average molecular weight is 273 g/mol. The number of aryl methyl sites for hydroxylation is 1. The SMILES string of the molecule is Cc1cc(C(Cl)c2cnn(-c3ccccc3)c2)co1. The Bertz CT molecular complexity index is 672. The van der Waals surface area contributed by atoms with Gasteiger partial charge in [-0.2, -0.15) is 5.10 Å². The van der Waals surface area contributed by atoms with Gasteiger partial charge >= 0.3 is 0 Å². The maximum absolute atomic E-state index is 6.43. The molecule has 2 aromatic heterocycles. The zero-order valence-corrected chi connectivity index (χ0v) is 11.2. The number of halogens is 1. The minimum atomic E-state index is -0.241. The lowest BCUT2D eigenvalue weighted by atomic mass is 10.1. The molecule has 0 aliphatic rings. The Morgan fingerprint density at radius 2 is 2.00 bits per heavy atom. The van der Waals surface area contributed by atoms with E-state index in [1.165, 1.54) is 0 Å². The number of para-hydroxylation sites is 1. The molecular weight excluding hydrogens is 260 g/mol. The number of nitrogens with zero attached hydrogens (tertiary/aromatic N) is 2. The molecular formula is C15H13ClN2O. The van der Waals surface area contributed by atoms with Crippen molar-refractivity contribution in [2.75, 3.05) is 0 Å². The van der Waals surface area contributed by atoms with Crippen molar-refractivity contribution in [1.29, 1.82) is 0 Å². The smallest absolute Gasteiger partial charge is 0.101 e. The molecule has 3 rings (SSSR count). The van der Waals surface area contributed by atoms with E-state index in [-0.39, 0.29) is 5.38 Å². The molecule has 1 aromatic carbocycles. The number of alkyl halides is 1. The van der Waals surface area contributed by atoms with Gasteiger partial charge < -0.3 is 4.42 Å². The first-order valence-corrected chi connectivity index (χ1v) is 6.47. The van der Waals surface area contributed by atoms with Gasteiger partial charge in [-0.25, -0.2) is 4.68 Å². The summed E-state index contributed by atoms with van der Waals surface area (Å²) in [5, 5.41) is 4.10. The summed E-state index contributed by atoms with van der Waals surface area (Å²) in [7, 11) is 0. The number of hydrogen-bond acceptors (Lipinski definition) is 2. The van der Waals surface area contributed by atoms with Gasteiger partial charge in [-0.15, -0.1) is 11.6 Å². The van der Waals surface area contributed by atoms with Crippen molar-refractivity contribution >= 4 is 11.6 Å². The summed E-state index contributed by atoms with van der Waals surface area (Å²) >= 11 is 6.43. The van der Waals surface area contributed by atoms with Gasteiger partial charge in [0.1, 0.15) is 5.76 Å². The van der Waals surface area contributed by atoms with Crippen LogP contribution < -0.4 is 0 Å².